The van der Waals surface area contributed by atoms with E-state index >= 15 is 0 Å². The van der Waals surface area contributed by atoms with Crippen LogP contribution in [0.3, 0.4) is 0 Å². The Balaban J connectivity index is 0.000000765. The minimum absolute atomic E-state index is 0.153. The molecule has 0 spiro atoms. The van der Waals surface area contributed by atoms with Crippen molar-refractivity contribution in [3.05, 3.63) is 58.6 Å². The van der Waals surface area contributed by atoms with Crippen LogP contribution in [0.25, 0.3) is 0 Å². The smallest absolute Gasteiger partial charge is 0.313 e. The fourth-order valence-corrected chi connectivity index (χ4v) is 3.44. The molecule has 0 aliphatic carbocycles. The number of anilines is 1. The van der Waals surface area contributed by atoms with Crippen LogP contribution in [-0.2, 0) is 16.7 Å². The van der Waals surface area contributed by atoms with Gasteiger partial charge in [0.2, 0.25) is 6.41 Å². The Hall–Kier alpha value is -1.94. The van der Waals surface area contributed by atoms with E-state index in [4.69, 9.17) is 22.2 Å². The fraction of sp³-hybridized carbons (Fsp3) is 0.188. The first-order valence-corrected chi connectivity index (χ1v) is 8.53. The van der Waals surface area contributed by atoms with E-state index in [1.165, 1.54) is 28.9 Å². The molecular weight excluding hydrogens is 389 g/mol. The highest BCUT2D eigenvalue weighted by molar-refractivity contribution is 7.98. The van der Waals surface area contributed by atoms with Crippen LogP contribution in [0.15, 0.2) is 47.4 Å². The molecule has 0 bridgehead atoms. The highest BCUT2D eigenvalue weighted by Gasteiger charge is 2.32. The lowest BCUT2D eigenvalue weighted by Crippen LogP contribution is -2.25. The molecule has 0 saturated heterocycles. The largest absolute Gasteiger partial charge is 0.416 e. The number of carbonyl (C=O) groups excluding carboxylic acids is 1. The van der Waals surface area contributed by atoms with Crippen molar-refractivity contribution in [2.24, 2.45) is 11.7 Å². The number of amides is 1. The van der Waals surface area contributed by atoms with Crippen molar-refractivity contribution in [3.8, 4) is 0 Å². The molecule has 0 saturated carbocycles. The lowest BCUT2D eigenvalue weighted by atomic mass is 10.1. The van der Waals surface area contributed by atoms with Gasteiger partial charge in [0.05, 0.1) is 21.2 Å². The van der Waals surface area contributed by atoms with Gasteiger partial charge in [-0.05, 0) is 23.8 Å². The third-order valence-electron chi connectivity index (χ3n) is 3.09. The van der Waals surface area contributed by atoms with E-state index in [1.807, 2.05) is 0 Å². The van der Waals surface area contributed by atoms with Crippen LogP contribution in [0.4, 0.5) is 18.9 Å². The van der Waals surface area contributed by atoms with Gasteiger partial charge in [-0.25, -0.2) is 11.7 Å². The number of nitrogens with zero attached hydrogens (tertiary/aromatic N) is 1. The number of rotatable bonds is 5. The van der Waals surface area contributed by atoms with Gasteiger partial charge in [0.25, 0.3) is 0 Å². The van der Waals surface area contributed by atoms with E-state index in [1.54, 1.807) is 36.7 Å². The standard InChI is InChI=1S/C15H14ClF3N2S.CH4N2O/c1-21(20)13-8-4-7-12(16)14(13)22-9-10-5-2-3-6-11(10)15(17,18)19;2-3-1-4/h2-8H,9,20H2,1H3;1H,2H2,(H,3,4). The molecule has 0 radical (unpaired) electrons. The molecule has 0 aliphatic heterocycles. The van der Waals surface area contributed by atoms with Crippen LogP contribution in [0, 0.1) is 0 Å². The molecule has 1 amide bonds. The number of carbonyl (C=O) groups is 1. The summed E-state index contributed by atoms with van der Waals surface area (Å²) in [4.78, 5) is 9.60. The highest BCUT2D eigenvalue weighted by atomic mass is 35.5. The lowest BCUT2D eigenvalue weighted by Gasteiger charge is -2.18. The zero-order valence-corrected chi connectivity index (χ0v) is 15.3. The maximum atomic E-state index is 13.0. The molecule has 5 N–H and O–H groups in total. The second kappa shape index (κ2) is 10.3. The van der Waals surface area contributed by atoms with Crippen LogP contribution in [0.5, 0.6) is 0 Å². The van der Waals surface area contributed by atoms with E-state index in [9.17, 15) is 13.2 Å². The van der Waals surface area contributed by atoms with Crippen molar-refractivity contribution in [1.82, 2.24) is 5.43 Å². The van der Waals surface area contributed by atoms with Crippen LogP contribution >= 0.6 is 23.4 Å². The summed E-state index contributed by atoms with van der Waals surface area (Å²) in [5.74, 6) is 10.3. The van der Waals surface area contributed by atoms with Crippen molar-refractivity contribution in [3.63, 3.8) is 0 Å². The Morgan fingerprint density at radius 3 is 2.38 bits per heavy atom. The number of nitrogens with one attached hydrogen (secondary N) is 1. The molecule has 0 atom stereocenters. The summed E-state index contributed by atoms with van der Waals surface area (Å²) in [6.45, 7) is 0. The first-order valence-electron chi connectivity index (χ1n) is 7.17. The van der Waals surface area contributed by atoms with Crippen molar-refractivity contribution in [2.75, 3.05) is 12.1 Å². The van der Waals surface area contributed by atoms with E-state index in [0.717, 1.165) is 6.07 Å². The predicted octanol–water partition coefficient (Wildman–Crippen LogP) is 3.57. The van der Waals surface area contributed by atoms with Gasteiger partial charge in [-0.2, -0.15) is 13.2 Å². The van der Waals surface area contributed by atoms with Crippen molar-refractivity contribution in [2.45, 2.75) is 16.8 Å². The molecule has 2 aromatic rings. The van der Waals surface area contributed by atoms with Gasteiger partial charge < -0.3 is 5.01 Å². The third kappa shape index (κ3) is 6.41. The van der Waals surface area contributed by atoms with Gasteiger partial charge in [-0.15, -0.1) is 11.8 Å². The van der Waals surface area contributed by atoms with E-state index in [0.29, 0.717) is 22.0 Å². The predicted molar refractivity (Wildman–Crippen MR) is 98.4 cm³/mol. The van der Waals surface area contributed by atoms with Crippen molar-refractivity contribution < 1.29 is 18.0 Å². The summed E-state index contributed by atoms with van der Waals surface area (Å²) in [5.41, 5.74) is 2.00. The second-order valence-corrected chi connectivity index (χ2v) is 6.32. The quantitative estimate of drug-likeness (QED) is 0.232. The molecule has 0 unspecified atom stereocenters. The second-order valence-electron chi connectivity index (χ2n) is 4.93. The number of alkyl halides is 3. The molecular formula is C16H18ClF3N4OS. The summed E-state index contributed by atoms with van der Waals surface area (Å²) in [7, 11) is 1.65. The van der Waals surface area contributed by atoms with Gasteiger partial charge in [-0.3, -0.25) is 10.2 Å². The zero-order valence-electron chi connectivity index (χ0n) is 13.8. The first kappa shape index (κ1) is 22.1. The van der Waals surface area contributed by atoms with E-state index in [-0.39, 0.29) is 11.3 Å². The zero-order chi connectivity index (χ0) is 19.7. The molecule has 142 valence electrons. The summed E-state index contributed by atoms with van der Waals surface area (Å²) in [6.07, 6.45) is -3.97. The minimum Gasteiger partial charge on any atom is -0.313 e. The molecule has 0 aromatic heterocycles. The summed E-state index contributed by atoms with van der Waals surface area (Å²) in [5, 5.41) is 1.86. The normalized spacial score (nSPS) is 10.6. The summed E-state index contributed by atoms with van der Waals surface area (Å²) < 4.78 is 39.0. The molecule has 5 nitrogen and oxygen atoms in total. The number of hydrogen-bond acceptors (Lipinski definition) is 5. The van der Waals surface area contributed by atoms with Crippen LogP contribution in [0.1, 0.15) is 11.1 Å². The Morgan fingerprint density at radius 2 is 1.85 bits per heavy atom. The monoisotopic (exact) mass is 406 g/mol. The van der Waals surface area contributed by atoms with Gasteiger partial charge >= 0.3 is 6.18 Å². The molecule has 2 aromatic carbocycles. The first-order chi connectivity index (χ1) is 12.2. The maximum Gasteiger partial charge on any atom is 0.416 e. The third-order valence-corrected chi connectivity index (χ3v) is 4.69. The molecule has 10 heteroatoms. The Labute approximate surface area is 158 Å². The summed E-state index contributed by atoms with van der Waals surface area (Å²) >= 11 is 7.38. The fourth-order valence-electron chi connectivity index (χ4n) is 1.99. The average Bonchev–Trinajstić information content (AvgIpc) is 2.60. The Kier molecular flexibility index (Phi) is 8.73. The molecule has 0 aliphatic rings. The number of benzene rings is 2. The van der Waals surface area contributed by atoms with Crippen molar-refractivity contribution >= 4 is 35.5 Å². The number of thioether (sulfide) groups is 1. The van der Waals surface area contributed by atoms with Crippen LogP contribution in [-0.4, -0.2) is 13.5 Å². The van der Waals surface area contributed by atoms with E-state index in [2.05, 4.69) is 5.84 Å². The van der Waals surface area contributed by atoms with Crippen molar-refractivity contribution in [1.29, 1.82) is 0 Å². The van der Waals surface area contributed by atoms with Crippen LogP contribution in [0.2, 0.25) is 5.02 Å². The maximum absolute atomic E-state index is 13.0. The van der Waals surface area contributed by atoms with Gasteiger partial charge in [0.1, 0.15) is 0 Å². The molecule has 0 heterocycles. The minimum atomic E-state index is -4.37. The number of hydrogen-bond donors (Lipinski definition) is 3. The molecule has 0 fully saturated rings. The van der Waals surface area contributed by atoms with Crippen LogP contribution < -0.4 is 22.1 Å². The van der Waals surface area contributed by atoms with Gasteiger partial charge in [0.15, 0.2) is 0 Å². The number of hydrazine groups is 2. The lowest BCUT2D eigenvalue weighted by molar-refractivity contribution is -0.138. The topological polar surface area (TPSA) is 84.4 Å². The molecule has 2 rings (SSSR count). The highest BCUT2D eigenvalue weighted by Crippen LogP contribution is 2.39. The Morgan fingerprint density at radius 1 is 1.23 bits per heavy atom. The average molecular weight is 407 g/mol. The van der Waals surface area contributed by atoms with Gasteiger partial charge in [-0.1, -0.05) is 35.9 Å². The SMILES string of the molecule is CN(N)c1cccc(Cl)c1SCc1ccccc1C(F)(F)F.NNC=O. The summed E-state index contributed by atoms with van der Waals surface area (Å²) in [6, 6.07) is 10.7. The van der Waals surface area contributed by atoms with E-state index < -0.39 is 11.7 Å². The Bertz CT molecular complexity index is 729. The number of halogens is 4. The molecule has 26 heavy (non-hydrogen) atoms. The number of nitrogens with two attached hydrogens (primary N) is 2. The van der Waals surface area contributed by atoms with Gasteiger partial charge in [0, 0.05) is 12.8 Å².